The van der Waals surface area contributed by atoms with Gasteiger partial charge in [-0.25, -0.2) is 0 Å². The summed E-state index contributed by atoms with van der Waals surface area (Å²) in [5, 5.41) is 3.47. The van der Waals surface area contributed by atoms with Gasteiger partial charge in [0.25, 0.3) is 0 Å². The average molecular weight is 316 g/mol. The zero-order chi connectivity index (χ0) is 16.1. The van der Waals surface area contributed by atoms with Crippen LogP contribution in [0, 0.1) is 0 Å². The first-order chi connectivity index (χ1) is 11.3. The number of likely N-dealkylation sites (N-methyl/N-ethyl adjacent to an activating group) is 1. The molecule has 0 bridgehead atoms. The smallest absolute Gasteiger partial charge is 0.0475 e. The normalized spacial score (nSPS) is 20.5. The molecule has 1 atom stereocenters. The molecule has 1 heterocycles. The molecule has 0 amide bonds. The number of nitrogens with zero attached hydrogens (tertiary/aromatic N) is 2. The molecule has 0 spiro atoms. The summed E-state index contributed by atoms with van der Waals surface area (Å²) >= 11 is 0. The summed E-state index contributed by atoms with van der Waals surface area (Å²) in [7, 11) is 0. The van der Waals surface area contributed by atoms with Gasteiger partial charge >= 0.3 is 0 Å². The zero-order valence-electron chi connectivity index (χ0n) is 15.0. The Balaban J connectivity index is 1.81. The van der Waals surface area contributed by atoms with Crippen molar-refractivity contribution in [3.05, 3.63) is 34.9 Å². The molecule has 3 rings (SSSR count). The lowest BCUT2D eigenvalue weighted by Gasteiger charge is -2.37. The van der Waals surface area contributed by atoms with Crippen molar-refractivity contribution in [2.45, 2.75) is 45.6 Å². The molecule has 3 nitrogen and oxygen atoms in total. The maximum Gasteiger partial charge on any atom is 0.0475 e. The predicted molar refractivity (Wildman–Crippen MR) is 98.1 cm³/mol. The summed E-state index contributed by atoms with van der Waals surface area (Å²) in [6, 6.07) is 7.89. The van der Waals surface area contributed by atoms with Gasteiger partial charge in [0.05, 0.1) is 0 Å². The molecule has 1 aromatic rings. The van der Waals surface area contributed by atoms with Crippen LogP contribution in [0.1, 0.15) is 49.4 Å². The maximum atomic E-state index is 3.47. The first-order valence-electron chi connectivity index (χ1n) is 9.60. The van der Waals surface area contributed by atoms with Crippen molar-refractivity contribution in [1.82, 2.24) is 15.1 Å². The van der Waals surface area contributed by atoms with E-state index >= 15 is 0 Å². The molecule has 3 heteroatoms. The molecular weight excluding hydrogens is 282 g/mol. The van der Waals surface area contributed by atoms with Gasteiger partial charge in [0.15, 0.2) is 0 Å². The molecule has 0 radical (unpaired) electrons. The first kappa shape index (κ1) is 16.9. The summed E-state index contributed by atoms with van der Waals surface area (Å²) in [6.45, 7) is 12.7. The number of hydrogen-bond donors (Lipinski definition) is 1. The summed E-state index contributed by atoms with van der Waals surface area (Å²) in [4.78, 5) is 5.27. The van der Waals surface area contributed by atoms with Gasteiger partial charge in [-0.05, 0) is 55.5 Å². The van der Waals surface area contributed by atoms with Crippen LogP contribution in [0.15, 0.2) is 18.2 Å². The van der Waals surface area contributed by atoms with Crippen LogP contribution >= 0.6 is 0 Å². The number of benzene rings is 1. The van der Waals surface area contributed by atoms with Crippen molar-refractivity contribution >= 4 is 0 Å². The Morgan fingerprint density at radius 3 is 2.43 bits per heavy atom. The number of rotatable bonds is 6. The van der Waals surface area contributed by atoms with Crippen molar-refractivity contribution in [2.24, 2.45) is 0 Å². The molecule has 1 fully saturated rings. The van der Waals surface area contributed by atoms with E-state index in [0.29, 0.717) is 6.04 Å². The molecule has 0 saturated carbocycles. The Hall–Kier alpha value is -0.900. The van der Waals surface area contributed by atoms with Crippen molar-refractivity contribution in [3.63, 3.8) is 0 Å². The number of aryl methyl sites for hydroxylation is 2. The molecule has 1 unspecified atom stereocenters. The van der Waals surface area contributed by atoms with Gasteiger partial charge in [-0.15, -0.1) is 0 Å². The fraction of sp³-hybridized carbons (Fsp3) is 0.700. The second kappa shape index (κ2) is 8.27. The van der Waals surface area contributed by atoms with Crippen LogP contribution in [0.5, 0.6) is 0 Å². The van der Waals surface area contributed by atoms with Gasteiger partial charge in [0, 0.05) is 38.8 Å². The fourth-order valence-corrected chi connectivity index (χ4v) is 4.20. The van der Waals surface area contributed by atoms with Gasteiger partial charge < -0.3 is 5.32 Å². The van der Waals surface area contributed by atoms with Gasteiger partial charge in [0.1, 0.15) is 0 Å². The van der Waals surface area contributed by atoms with E-state index in [2.05, 4.69) is 47.2 Å². The van der Waals surface area contributed by atoms with E-state index in [-0.39, 0.29) is 0 Å². The van der Waals surface area contributed by atoms with Crippen LogP contribution in [0.2, 0.25) is 0 Å². The van der Waals surface area contributed by atoms with Gasteiger partial charge in [-0.3, -0.25) is 9.80 Å². The summed E-state index contributed by atoms with van der Waals surface area (Å²) < 4.78 is 0. The molecule has 1 aliphatic heterocycles. The van der Waals surface area contributed by atoms with E-state index in [9.17, 15) is 0 Å². The third kappa shape index (κ3) is 4.14. The standard InChI is InChI=1S/C20H33N3/c1-3-23(4-2)20(16-22-13-11-21-12-14-22)19-10-9-17-7-5-6-8-18(17)15-19/h9-10,15,20-21H,3-8,11-14,16H2,1-2H3. The van der Waals surface area contributed by atoms with Crippen molar-refractivity contribution in [2.75, 3.05) is 45.8 Å². The topological polar surface area (TPSA) is 18.5 Å². The molecule has 2 aliphatic rings. The van der Waals surface area contributed by atoms with E-state index < -0.39 is 0 Å². The van der Waals surface area contributed by atoms with Crippen LogP contribution in [0.4, 0.5) is 0 Å². The van der Waals surface area contributed by atoms with Crippen LogP contribution in [-0.4, -0.2) is 55.6 Å². The largest absolute Gasteiger partial charge is 0.314 e. The third-order valence-corrected chi connectivity index (χ3v) is 5.65. The Kier molecular flexibility index (Phi) is 6.09. The fourth-order valence-electron chi connectivity index (χ4n) is 4.20. The minimum absolute atomic E-state index is 0.537. The van der Waals surface area contributed by atoms with Gasteiger partial charge in [0.2, 0.25) is 0 Å². The maximum absolute atomic E-state index is 3.47. The lowest BCUT2D eigenvalue weighted by Crippen LogP contribution is -2.47. The number of piperazine rings is 1. The lowest BCUT2D eigenvalue weighted by atomic mass is 9.88. The van der Waals surface area contributed by atoms with E-state index in [1.165, 1.54) is 50.9 Å². The van der Waals surface area contributed by atoms with E-state index in [4.69, 9.17) is 0 Å². The number of nitrogens with one attached hydrogen (secondary N) is 1. The second-order valence-corrected chi connectivity index (χ2v) is 7.02. The SMILES string of the molecule is CCN(CC)C(CN1CCNCC1)c1ccc2c(c1)CCCC2. The van der Waals surface area contributed by atoms with Crippen LogP contribution in [0.25, 0.3) is 0 Å². The molecule has 128 valence electrons. The van der Waals surface area contributed by atoms with Crippen LogP contribution < -0.4 is 5.32 Å². The Morgan fingerprint density at radius 1 is 1.04 bits per heavy atom. The van der Waals surface area contributed by atoms with Crippen LogP contribution in [-0.2, 0) is 12.8 Å². The molecule has 0 aromatic heterocycles. The van der Waals surface area contributed by atoms with Crippen LogP contribution in [0.3, 0.4) is 0 Å². The van der Waals surface area contributed by atoms with E-state index in [1.54, 1.807) is 11.1 Å². The lowest BCUT2D eigenvalue weighted by molar-refractivity contribution is 0.138. The highest BCUT2D eigenvalue weighted by Gasteiger charge is 2.23. The first-order valence-corrected chi connectivity index (χ1v) is 9.60. The highest BCUT2D eigenvalue weighted by atomic mass is 15.2. The molecule has 1 aromatic carbocycles. The summed E-state index contributed by atoms with van der Waals surface area (Å²) in [6.07, 6.45) is 5.29. The van der Waals surface area contributed by atoms with Gasteiger partial charge in [-0.2, -0.15) is 0 Å². The van der Waals surface area contributed by atoms with Crippen molar-refractivity contribution < 1.29 is 0 Å². The molecule has 23 heavy (non-hydrogen) atoms. The minimum Gasteiger partial charge on any atom is -0.314 e. The van der Waals surface area contributed by atoms with Gasteiger partial charge in [-0.1, -0.05) is 32.0 Å². The number of fused-ring (bicyclic) bond motifs is 1. The van der Waals surface area contributed by atoms with E-state index in [0.717, 1.165) is 26.2 Å². The zero-order valence-corrected chi connectivity index (χ0v) is 15.0. The minimum atomic E-state index is 0.537. The average Bonchev–Trinajstić information content (AvgIpc) is 2.62. The van der Waals surface area contributed by atoms with E-state index in [1.807, 2.05) is 0 Å². The van der Waals surface area contributed by atoms with Crippen molar-refractivity contribution in [1.29, 1.82) is 0 Å². The molecule has 1 N–H and O–H groups in total. The predicted octanol–water partition coefficient (Wildman–Crippen LogP) is 2.85. The molecule has 1 saturated heterocycles. The quantitative estimate of drug-likeness (QED) is 0.871. The molecule has 1 aliphatic carbocycles. The Morgan fingerprint density at radius 2 is 1.74 bits per heavy atom. The molecular formula is C20H33N3. The highest BCUT2D eigenvalue weighted by Crippen LogP contribution is 2.28. The Bertz CT molecular complexity index is 490. The highest BCUT2D eigenvalue weighted by molar-refractivity contribution is 5.35. The van der Waals surface area contributed by atoms with Crippen molar-refractivity contribution in [3.8, 4) is 0 Å². The second-order valence-electron chi connectivity index (χ2n) is 7.02. The summed E-state index contributed by atoms with van der Waals surface area (Å²) in [5.41, 5.74) is 4.75. The third-order valence-electron chi connectivity index (χ3n) is 5.65. The Labute approximate surface area is 142 Å². The number of hydrogen-bond acceptors (Lipinski definition) is 3. The monoisotopic (exact) mass is 315 g/mol. The summed E-state index contributed by atoms with van der Waals surface area (Å²) in [5.74, 6) is 0.